The van der Waals surface area contributed by atoms with Gasteiger partial charge < -0.3 is 11.1 Å². The molecule has 1 heterocycles. The topological polar surface area (TPSA) is 68.0 Å². The van der Waals surface area contributed by atoms with E-state index >= 15 is 0 Å². The minimum absolute atomic E-state index is 0.00572. The number of nitrogen functional groups attached to an aromatic ring is 1. The van der Waals surface area contributed by atoms with Crippen molar-refractivity contribution >= 4 is 23.2 Å². The standard InChI is InChI=1S/C16H18ClN3O/c1-11(8-12-4-2-3-5-15(12)17)20-16(21)9-14-7-6-13(18)10-19-14/h2-7,10-11H,8-9,18H2,1H3,(H,20,21). The minimum atomic E-state index is -0.0631. The first-order valence-electron chi connectivity index (χ1n) is 6.78. The van der Waals surface area contributed by atoms with Crippen LogP contribution in [0.3, 0.4) is 0 Å². The molecular formula is C16H18ClN3O. The van der Waals surface area contributed by atoms with Crippen LogP contribution in [0.25, 0.3) is 0 Å². The van der Waals surface area contributed by atoms with Crippen LogP contribution in [0.2, 0.25) is 5.02 Å². The van der Waals surface area contributed by atoms with Crippen molar-refractivity contribution < 1.29 is 4.79 Å². The fourth-order valence-electron chi connectivity index (χ4n) is 2.08. The van der Waals surface area contributed by atoms with Gasteiger partial charge in [0.2, 0.25) is 5.91 Å². The van der Waals surface area contributed by atoms with E-state index in [0.29, 0.717) is 17.8 Å². The Kier molecular flexibility index (Phi) is 5.17. The number of aromatic nitrogens is 1. The largest absolute Gasteiger partial charge is 0.397 e. The van der Waals surface area contributed by atoms with Crippen LogP contribution >= 0.6 is 11.6 Å². The highest BCUT2D eigenvalue weighted by Gasteiger charge is 2.11. The first-order chi connectivity index (χ1) is 10.0. The highest BCUT2D eigenvalue weighted by Crippen LogP contribution is 2.16. The molecule has 110 valence electrons. The average molecular weight is 304 g/mol. The Morgan fingerprint density at radius 3 is 2.76 bits per heavy atom. The second kappa shape index (κ2) is 7.09. The predicted octanol–water partition coefficient (Wildman–Crippen LogP) is 2.61. The zero-order valence-electron chi connectivity index (χ0n) is 11.8. The van der Waals surface area contributed by atoms with E-state index in [-0.39, 0.29) is 18.4 Å². The van der Waals surface area contributed by atoms with Crippen molar-refractivity contribution in [1.29, 1.82) is 0 Å². The van der Waals surface area contributed by atoms with Gasteiger partial charge in [0.25, 0.3) is 0 Å². The fraction of sp³-hybridized carbons (Fsp3) is 0.250. The summed E-state index contributed by atoms with van der Waals surface area (Å²) in [5, 5.41) is 3.67. The van der Waals surface area contributed by atoms with Crippen molar-refractivity contribution in [2.75, 3.05) is 5.73 Å². The Bertz CT molecular complexity index is 613. The summed E-state index contributed by atoms with van der Waals surface area (Å²) in [4.78, 5) is 16.1. The SMILES string of the molecule is CC(Cc1ccccc1Cl)NC(=O)Cc1ccc(N)cn1. The normalized spacial score (nSPS) is 11.9. The number of nitrogens with one attached hydrogen (secondary N) is 1. The van der Waals surface area contributed by atoms with Gasteiger partial charge in [-0.05, 0) is 37.1 Å². The number of pyridine rings is 1. The van der Waals surface area contributed by atoms with E-state index in [1.807, 2.05) is 31.2 Å². The van der Waals surface area contributed by atoms with Crippen LogP contribution in [-0.4, -0.2) is 16.9 Å². The minimum Gasteiger partial charge on any atom is -0.397 e. The highest BCUT2D eigenvalue weighted by molar-refractivity contribution is 6.31. The summed E-state index contributed by atoms with van der Waals surface area (Å²) in [7, 11) is 0. The maximum absolute atomic E-state index is 12.0. The maximum Gasteiger partial charge on any atom is 0.226 e. The predicted molar refractivity (Wildman–Crippen MR) is 85.1 cm³/mol. The third kappa shape index (κ3) is 4.76. The van der Waals surface area contributed by atoms with E-state index in [1.54, 1.807) is 18.3 Å². The van der Waals surface area contributed by atoms with Crippen molar-refractivity contribution in [3.63, 3.8) is 0 Å². The van der Waals surface area contributed by atoms with Gasteiger partial charge >= 0.3 is 0 Å². The number of rotatable bonds is 5. The molecule has 1 aromatic heterocycles. The Labute approximate surface area is 129 Å². The van der Waals surface area contributed by atoms with Crippen molar-refractivity contribution in [3.8, 4) is 0 Å². The summed E-state index contributed by atoms with van der Waals surface area (Å²) < 4.78 is 0. The van der Waals surface area contributed by atoms with Crippen LogP contribution in [0.15, 0.2) is 42.6 Å². The molecule has 0 radical (unpaired) electrons. The van der Waals surface area contributed by atoms with Gasteiger partial charge in [0.1, 0.15) is 0 Å². The number of carbonyl (C=O) groups is 1. The molecule has 1 aromatic carbocycles. The van der Waals surface area contributed by atoms with Crippen molar-refractivity contribution in [1.82, 2.24) is 10.3 Å². The number of benzene rings is 1. The lowest BCUT2D eigenvalue weighted by atomic mass is 10.1. The molecule has 0 aliphatic heterocycles. The third-order valence-corrected chi connectivity index (χ3v) is 3.45. The van der Waals surface area contributed by atoms with E-state index in [4.69, 9.17) is 17.3 Å². The number of hydrogen-bond donors (Lipinski definition) is 2. The number of amides is 1. The molecule has 0 saturated carbocycles. The molecule has 0 aliphatic carbocycles. The van der Waals surface area contributed by atoms with Gasteiger partial charge in [-0.3, -0.25) is 9.78 Å². The zero-order chi connectivity index (χ0) is 15.2. The molecule has 1 unspecified atom stereocenters. The molecule has 0 fully saturated rings. The van der Waals surface area contributed by atoms with Gasteiger partial charge in [-0.15, -0.1) is 0 Å². The van der Waals surface area contributed by atoms with Crippen LogP contribution in [-0.2, 0) is 17.6 Å². The summed E-state index contributed by atoms with van der Waals surface area (Å²) in [6.45, 7) is 1.96. The Hall–Kier alpha value is -2.07. The van der Waals surface area contributed by atoms with E-state index in [1.165, 1.54) is 0 Å². The van der Waals surface area contributed by atoms with Crippen molar-refractivity contribution in [3.05, 3.63) is 58.9 Å². The van der Waals surface area contributed by atoms with Crippen molar-refractivity contribution in [2.24, 2.45) is 0 Å². The average Bonchev–Trinajstić information content (AvgIpc) is 2.44. The zero-order valence-corrected chi connectivity index (χ0v) is 12.6. The summed E-state index contributed by atoms with van der Waals surface area (Å²) in [6.07, 6.45) is 2.49. The molecule has 0 aliphatic rings. The van der Waals surface area contributed by atoms with Crippen LogP contribution in [0.5, 0.6) is 0 Å². The molecule has 0 bridgehead atoms. The number of carbonyl (C=O) groups excluding carboxylic acids is 1. The fourth-order valence-corrected chi connectivity index (χ4v) is 2.29. The molecule has 1 amide bonds. The molecule has 4 nitrogen and oxygen atoms in total. The second-order valence-corrected chi connectivity index (χ2v) is 5.43. The smallest absolute Gasteiger partial charge is 0.226 e. The molecule has 0 saturated heterocycles. The van der Waals surface area contributed by atoms with Crippen LogP contribution in [0, 0.1) is 0 Å². The van der Waals surface area contributed by atoms with Gasteiger partial charge in [-0.2, -0.15) is 0 Å². The van der Waals surface area contributed by atoms with E-state index < -0.39 is 0 Å². The summed E-state index contributed by atoms with van der Waals surface area (Å²) in [5.74, 6) is -0.0631. The number of nitrogens with two attached hydrogens (primary N) is 1. The highest BCUT2D eigenvalue weighted by atomic mass is 35.5. The second-order valence-electron chi connectivity index (χ2n) is 5.02. The van der Waals surface area contributed by atoms with Gasteiger partial charge in [0.05, 0.1) is 18.3 Å². The van der Waals surface area contributed by atoms with Crippen LogP contribution in [0.1, 0.15) is 18.2 Å². The quantitative estimate of drug-likeness (QED) is 0.892. The van der Waals surface area contributed by atoms with E-state index in [2.05, 4.69) is 10.3 Å². The molecule has 2 rings (SSSR count). The molecule has 2 aromatic rings. The van der Waals surface area contributed by atoms with Crippen molar-refractivity contribution in [2.45, 2.75) is 25.8 Å². The molecule has 0 spiro atoms. The molecule has 5 heteroatoms. The summed E-state index contributed by atoms with van der Waals surface area (Å²) in [6, 6.07) is 11.1. The Balaban J connectivity index is 1.87. The van der Waals surface area contributed by atoms with Gasteiger partial charge in [0, 0.05) is 16.8 Å². The van der Waals surface area contributed by atoms with Gasteiger partial charge in [-0.25, -0.2) is 0 Å². The molecule has 1 atom stereocenters. The first kappa shape index (κ1) is 15.3. The Morgan fingerprint density at radius 1 is 1.33 bits per heavy atom. The first-order valence-corrected chi connectivity index (χ1v) is 7.15. The summed E-state index contributed by atoms with van der Waals surface area (Å²) in [5.41, 5.74) is 7.88. The molecule has 3 N–H and O–H groups in total. The number of hydrogen-bond acceptors (Lipinski definition) is 3. The monoisotopic (exact) mass is 303 g/mol. The summed E-state index contributed by atoms with van der Waals surface area (Å²) >= 11 is 6.11. The van der Waals surface area contributed by atoms with Gasteiger partial charge in [0.15, 0.2) is 0 Å². The Morgan fingerprint density at radius 2 is 2.10 bits per heavy atom. The van der Waals surface area contributed by atoms with Gasteiger partial charge in [-0.1, -0.05) is 29.8 Å². The third-order valence-electron chi connectivity index (χ3n) is 3.08. The number of nitrogens with zero attached hydrogens (tertiary/aromatic N) is 1. The van der Waals surface area contributed by atoms with E-state index in [0.717, 1.165) is 10.6 Å². The maximum atomic E-state index is 12.0. The molecule has 21 heavy (non-hydrogen) atoms. The molecular weight excluding hydrogens is 286 g/mol. The van der Waals surface area contributed by atoms with Crippen LogP contribution < -0.4 is 11.1 Å². The lowest BCUT2D eigenvalue weighted by molar-refractivity contribution is -0.121. The van der Waals surface area contributed by atoms with E-state index in [9.17, 15) is 4.79 Å². The lowest BCUT2D eigenvalue weighted by Gasteiger charge is -2.14. The lowest BCUT2D eigenvalue weighted by Crippen LogP contribution is -2.35. The number of anilines is 1. The number of halogens is 1. The van der Waals surface area contributed by atoms with Crippen LogP contribution in [0.4, 0.5) is 5.69 Å².